The monoisotopic (exact) mass is 570 g/mol. The molecule has 208 valence electrons. The van der Waals surface area contributed by atoms with Gasteiger partial charge in [0.05, 0.1) is 27.6 Å². The minimum Gasteiger partial charge on any atom is -0.309 e. The van der Waals surface area contributed by atoms with Gasteiger partial charge in [0.1, 0.15) is 0 Å². The normalized spacial score (nSPS) is 12.8. The van der Waals surface area contributed by atoms with Gasteiger partial charge in [-0.1, -0.05) is 109 Å². The summed E-state index contributed by atoms with van der Waals surface area (Å²) in [5, 5.41) is 7.82. The number of fused-ring (bicyclic) bond motifs is 8. The number of aromatic nitrogens is 2. The molecule has 2 nitrogen and oxygen atoms in total. The van der Waals surface area contributed by atoms with Gasteiger partial charge in [0.25, 0.3) is 0 Å². The van der Waals surface area contributed by atoms with Crippen LogP contribution in [-0.2, 0) is 6.42 Å². The first-order valence-corrected chi connectivity index (χ1v) is 15.8. The molecule has 1 aliphatic rings. The lowest BCUT2D eigenvalue weighted by atomic mass is 9.94. The molecule has 0 N–H and O–H groups in total. The van der Waals surface area contributed by atoms with Gasteiger partial charge in [0, 0.05) is 32.6 Å². The molecule has 3 aromatic heterocycles. The van der Waals surface area contributed by atoms with E-state index < -0.39 is 0 Å². The topological polar surface area (TPSA) is 9.34 Å². The van der Waals surface area contributed by atoms with E-state index in [2.05, 4.69) is 155 Å². The average Bonchev–Trinajstić information content (AvgIpc) is 3.73. The summed E-state index contributed by atoms with van der Waals surface area (Å²) in [5.41, 5.74) is 15.6. The van der Waals surface area contributed by atoms with Crippen LogP contribution in [0.3, 0.4) is 0 Å². The number of benzene rings is 7. The van der Waals surface area contributed by atoms with Crippen LogP contribution in [0.4, 0.5) is 0 Å². The third-order valence-electron chi connectivity index (χ3n) is 10.3. The van der Waals surface area contributed by atoms with E-state index in [0.717, 1.165) is 6.42 Å². The smallest absolute Gasteiger partial charge is 0.0619 e. The molecule has 0 radical (unpaired) electrons. The van der Waals surface area contributed by atoms with Crippen LogP contribution in [0, 0.1) is 0 Å². The molecule has 0 unspecified atom stereocenters. The van der Waals surface area contributed by atoms with E-state index in [1.165, 1.54) is 99.0 Å². The molecule has 2 heteroatoms. The molecule has 0 fully saturated rings. The highest BCUT2D eigenvalue weighted by atomic mass is 15.0. The lowest BCUT2D eigenvalue weighted by Crippen LogP contribution is -1.95. The van der Waals surface area contributed by atoms with Crippen molar-refractivity contribution in [1.82, 2.24) is 8.97 Å². The summed E-state index contributed by atoms with van der Waals surface area (Å²) in [7, 11) is 0. The average molecular weight is 571 g/mol. The van der Waals surface area contributed by atoms with Crippen molar-refractivity contribution in [2.75, 3.05) is 0 Å². The standard InChI is InChI=1S/C43H26N2/c1-2-14-30-26(10-1)24-28-12-6-16-31(40(28)30)27-11-5-13-29(25-27)44-37-21-8-17-33-35-19-7-18-34-32-15-3-4-20-36(32)45(43(34)35)39-23-9-22-38(44)42(39)41(33)37/h1-23,25H,24H2. The number of para-hydroxylation sites is 2. The van der Waals surface area contributed by atoms with E-state index in [1.54, 1.807) is 0 Å². The summed E-state index contributed by atoms with van der Waals surface area (Å²) < 4.78 is 4.99. The minimum atomic E-state index is 1.00. The van der Waals surface area contributed by atoms with Gasteiger partial charge in [-0.05, 0) is 81.6 Å². The van der Waals surface area contributed by atoms with E-state index >= 15 is 0 Å². The van der Waals surface area contributed by atoms with E-state index in [1.807, 2.05) is 0 Å². The Labute approximate surface area is 259 Å². The van der Waals surface area contributed by atoms with Gasteiger partial charge < -0.3 is 8.97 Å². The molecule has 0 saturated heterocycles. The van der Waals surface area contributed by atoms with Crippen LogP contribution in [0.15, 0.2) is 146 Å². The van der Waals surface area contributed by atoms with Crippen LogP contribution < -0.4 is 0 Å². The lowest BCUT2D eigenvalue weighted by molar-refractivity contribution is 1.18. The Bertz CT molecular complexity index is 2840. The summed E-state index contributed by atoms with van der Waals surface area (Å²) >= 11 is 0. The fourth-order valence-corrected chi connectivity index (χ4v) is 8.51. The second-order valence-electron chi connectivity index (χ2n) is 12.5. The molecular weight excluding hydrogens is 544 g/mol. The van der Waals surface area contributed by atoms with Crippen molar-refractivity contribution in [3.63, 3.8) is 0 Å². The van der Waals surface area contributed by atoms with E-state index in [0.29, 0.717) is 0 Å². The van der Waals surface area contributed by atoms with E-state index in [9.17, 15) is 0 Å². The molecular formula is C43H26N2. The molecule has 7 aromatic carbocycles. The fraction of sp³-hybridized carbons (Fsp3) is 0.0233. The summed E-state index contributed by atoms with van der Waals surface area (Å²) in [5.74, 6) is 0. The Kier molecular flexibility index (Phi) is 4.40. The third kappa shape index (κ3) is 2.94. The maximum absolute atomic E-state index is 2.51. The molecule has 0 aliphatic heterocycles. The summed E-state index contributed by atoms with van der Waals surface area (Å²) in [6.07, 6.45) is 1.00. The fourth-order valence-electron chi connectivity index (χ4n) is 8.51. The summed E-state index contributed by atoms with van der Waals surface area (Å²) in [4.78, 5) is 0. The van der Waals surface area contributed by atoms with Crippen molar-refractivity contribution in [3.05, 3.63) is 157 Å². The molecule has 0 spiro atoms. The second kappa shape index (κ2) is 8.40. The van der Waals surface area contributed by atoms with Crippen LogP contribution in [0.1, 0.15) is 11.1 Å². The van der Waals surface area contributed by atoms with Crippen molar-refractivity contribution < 1.29 is 0 Å². The first-order chi connectivity index (χ1) is 22.3. The zero-order valence-electron chi connectivity index (χ0n) is 24.5. The first-order valence-electron chi connectivity index (χ1n) is 15.8. The SMILES string of the molecule is c1cc(-c2cccc3c2-c2ccccc2C3)cc(-n2c3cccc4c5cccc6c7ccccc7n(c7cccc2c7c43)c56)c1. The predicted molar refractivity (Wildman–Crippen MR) is 189 cm³/mol. The minimum absolute atomic E-state index is 1.00. The van der Waals surface area contributed by atoms with Crippen molar-refractivity contribution in [1.29, 1.82) is 0 Å². The van der Waals surface area contributed by atoms with E-state index in [-0.39, 0.29) is 0 Å². The maximum Gasteiger partial charge on any atom is 0.0619 e. The molecule has 0 bridgehead atoms. The van der Waals surface area contributed by atoms with Crippen molar-refractivity contribution in [3.8, 4) is 27.9 Å². The molecule has 3 heterocycles. The molecule has 45 heavy (non-hydrogen) atoms. The largest absolute Gasteiger partial charge is 0.309 e. The summed E-state index contributed by atoms with van der Waals surface area (Å²) in [6.45, 7) is 0. The van der Waals surface area contributed by atoms with Gasteiger partial charge in [-0.25, -0.2) is 0 Å². The zero-order chi connectivity index (χ0) is 29.2. The maximum atomic E-state index is 2.51. The second-order valence-corrected chi connectivity index (χ2v) is 12.5. The number of rotatable bonds is 2. The number of hydrogen-bond acceptors (Lipinski definition) is 0. The highest BCUT2D eigenvalue weighted by Gasteiger charge is 2.24. The Morgan fingerprint density at radius 2 is 1.04 bits per heavy atom. The van der Waals surface area contributed by atoms with Crippen molar-refractivity contribution in [2.45, 2.75) is 6.42 Å². The molecule has 1 aliphatic carbocycles. The Balaban J connectivity index is 1.26. The molecule has 0 amide bonds. The van der Waals surface area contributed by atoms with Crippen LogP contribution in [0.25, 0.3) is 87.8 Å². The van der Waals surface area contributed by atoms with Gasteiger partial charge in [0.2, 0.25) is 0 Å². The molecule has 0 saturated carbocycles. The third-order valence-corrected chi connectivity index (χ3v) is 10.3. The van der Waals surface area contributed by atoms with Crippen LogP contribution in [-0.4, -0.2) is 8.97 Å². The molecule has 11 rings (SSSR count). The lowest BCUT2D eigenvalue weighted by Gasteiger charge is -2.14. The van der Waals surface area contributed by atoms with E-state index in [4.69, 9.17) is 0 Å². The highest BCUT2D eigenvalue weighted by molar-refractivity contribution is 6.31. The van der Waals surface area contributed by atoms with Crippen LogP contribution in [0.5, 0.6) is 0 Å². The Morgan fingerprint density at radius 1 is 0.422 bits per heavy atom. The number of hydrogen-bond donors (Lipinski definition) is 0. The highest BCUT2D eigenvalue weighted by Crippen LogP contribution is 2.46. The predicted octanol–water partition coefficient (Wildman–Crippen LogP) is 11.2. The summed E-state index contributed by atoms with van der Waals surface area (Å²) in [6, 6.07) is 54.1. The van der Waals surface area contributed by atoms with Crippen LogP contribution >= 0.6 is 0 Å². The Hall–Kier alpha value is -5.86. The van der Waals surface area contributed by atoms with Crippen molar-refractivity contribution in [2.24, 2.45) is 0 Å². The van der Waals surface area contributed by atoms with Gasteiger partial charge >= 0.3 is 0 Å². The number of nitrogens with zero attached hydrogens (tertiary/aromatic N) is 2. The molecule has 10 aromatic rings. The molecule has 0 atom stereocenters. The zero-order valence-corrected chi connectivity index (χ0v) is 24.5. The first kappa shape index (κ1) is 23.6. The van der Waals surface area contributed by atoms with Crippen molar-refractivity contribution >= 4 is 59.9 Å². The van der Waals surface area contributed by atoms with Gasteiger partial charge in [-0.2, -0.15) is 0 Å². The van der Waals surface area contributed by atoms with Gasteiger partial charge in [-0.15, -0.1) is 0 Å². The van der Waals surface area contributed by atoms with Gasteiger partial charge in [-0.3, -0.25) is 0 Å². The quantitative estimate of drug-likeness (QED) is 0.196. The van der Waals surface area contributed by atoms with Gasteiger partial charge in [0.15, 0.2) is 0 Å². The Morgan fingerprint density at radius 3 is 2.00 bits per heavy atom. The van der Waals surface area contributed by atoms with Crippen LogP contribution in [0.2, 0.25) is 0 Å².